The highest BCUT2D eigenvalue weighted by Crippen LogP contribution is 2.32. The van der Waals surface area contributed by atoms with Crippen LogP contribution in [0.25, 0.3) is 0 Å². The Kier molecular flexibility index (Phi) is 6.72. The van der Waals surface area contributed by atoms with E-state index in [0.29, 0.717) is 11.8 Å². The monoisotopic (exact) mass is 421 g/mol. The molecule has 1 aromatic heterocycles. The first-order chi connectivity index (χ1) is 12.5. The Balaban J connectivity index is 1.99. The normalized spacial score (nSPS) is 12.4. The van der Waals surface area contributed by atoms with Gasteiger partial charge in [-0.3, -0.25) is 0 Å². The maximum absolute atomic E-state index is 12.6. The van der Waals surface area contributed by atoms with Gasteiger partial charge in [0, 0.05) is 18.8 Å². The number of nitrogens with zero attached hydrogens (tertiary/aromatic N) is 1. The molecule has 0 bridgehead atoms. The van der Waals surface area contributed by atoms with Crippen LogP contribution in [-0.4, -0.2) is 19.4 Å². The molecule has 0 spiro atoms. The van der Waals surface area contributed by atoms with Crippen molar-refractivity contribution in [3.8, 4) is 0 Å². The minimum Gasteiger partial charge on any atom is -0.365 e. The predicted molar refractivity (Wildman–Crippen MR) is 98.9 cm³/mol. The molecule has 10 heteroatoms. The van der Waals surface area contributed by atoms with Gasteiger partial charge in [0.1, 0.15) is 5.82 Å². The molecule has 0 aliphatic carbocycles. The fraction of sp³-hybridized carbons (Fsp3) is 0.353. The molecule has 0 aliphatic heterocycles. The molecule has 1 heterocycles. The third kappa shape index (κ3) is 6.67. The highest BCUT2D eigenvalue weighted by Gasteiger charge is 2.31. The fourth-order valence-corrected chi connectivity index (χ4v) is 3.95. The summed E-state index contributed by atoms with van der Waals surface area (Å²) in [7, 11) is -3.41. The molecule has 2 N–H and O–H groups in total. The molecule has 1 aromatic carbocycles. The number of nitrogens with one attached hydrogen (secondary N) is 2. The van der Waals surface area contributed by atoms with Gasteiger partial charge < -0.3 is 5.32 Å². The number of hydrogen-bond acceptors (Lipinski definition) is 4. The van der Waals surface area contributed by atoms with Gasteiger partial charge in [0.25, 0.3) is 0 Å². The van der Waals surface area contributed by atoms with E-state index < -0.39 is 21.8 Å². The van der Waals surface area contributed by atoms with E-state index in [9.17, 15) is 21.6 Å². The SMILES string of the molecule is CC(C)NS(=O)(=O)Cc1ccc(CNc2ncc(C(F)(F)F)cc2Cl)cc1. The van der Waals surface area contributed by atoms with Crippen LogP contribution in [0.15, 0.2) is 36.5 Å². The summed E-state index contributed by atoms with van der Waals surface area (Å²) in [4.78, 5) is 3.70. The van der Waals surface area contributed by atoms with Gasteiger partial charge in [-0.05, 0) is 31.0 Å². The zero-order valence-corrected chi connectivity index (χ0v) is 16.2. The molecule has 0 atom stereocenters. The Morgan fingerprint density at radius 2 is 1.74 bits per heavy atom. The number of halogens is 4. The fourth-order valence-electron chi connectivity index (χ4n) is 2.28. The summed E-state index contributed by atoms with van der Waals surface area (Å²) in [5.74, 6) is 0.00278. The summed E-state index contributed by atoms with van der Waals surface area (Å²) in [6.45, 7) is 3.76. The van der Waals surface area contributed by atoms with Crippen molar-refractivity contribution in [2.75, 3.05) is 5.32 Å². The molecule has 0 unspecified atom stereocenters. The lowest BCUT2D eigenvalue weighted by molar-refractivity contribution is -0.137. The highest BCUT2D eigenvalue weighted by atomic mass is 35.5. The molecule has 148 valence electrons. The van der Waals surface area contributed by atoms with E-state index in [1.807, 2.05) is 0 Å². The largest absolute Gasteiger partial charge is 0.417 e. The predicted octanol–water partition coefficient (Wildman–Crippen LogP) is 4.19. The minimum atomic E-state index is -4.50. The molecule has 27 heavy (non-hydrogen) atoms. The van der Waals surface area contributed by atoms with Crippen molar-refractivity contribution in [3.05, 3.63) is 58.2 Å². The third-order valence-electron chi connectivity index (χ3n) is 3.42. The Bertz CT molecular complexity index is 885. The Hall–Kier alpha value is -1.84. The lowest BCUT2D eigenvalue weighted by Crippen LogP contribution is -2.31. The van der Waals surface area contributed by atoms with E-state index in [4.69, 9.17) is 11.6 Å². The van der Waals surface area contributed by atoms with Gasteiger partial charge in [0.15, 0.2) is 0 Å². The van der Waals surface area contributed by atoms with Crippen LogP contribution in [0.2, 0.25) is 5.02 Å². The van der Waals surface area contributed by atoms with Gasteiger partial charge >= 0.3 is 6.18 Å². The highest BCUT2D eigenvalue weighted by molar-refractivity contribution is 7.88. The second-order valence-corrected chi connectivity index (χ2v) is 8.41. The summed E-state index contributed by atoms with van der Waals surface area (Å²) in [5.41, 5.74) is 0.502. The number of hydrogen-bond donors (Lipinski definition) is 2. The maximum atomic E-state index is 12.6. The molecule has 0 saturated heterocycles. The van der Waals surface area contributed by atoms with Crippen LogP contribution >= 0.6 is 11.6 Å². The Labute approximate surface area is 161 Å². The van der Waals surface area contributed by atoms with E-state index in [2.05, 4.69) is 15.0 Å². The molecular weight excluding hydrogens is 403 g/mol. The molecule has 0 aliphatic rings. The first kappa shape index (κ1) is 21.5. The van der Waals surface area contributed by atoms with Gasteiger partial charge in [0.2, 0.25) is 10.0 Å². The molecule has 0 radical (unpaired) electrons. The summed E-state index contributed by atoms with van der Waals surface area (Å²) in [6.07, 6.45) is -3.79. The second kappa shape index (κ2) is 8.45. The van der Waals surface area contributed by atoms with Crippen LogP contribution in [0.3, 0.4) is 0 Å². The van der Waals surface area contributed by atoms with Crippen molar-refractivity contribution >= 4 is 27.4 Å². The van der Waals surface area contributed by atoms with E-state index in [0.717, 1.165) is 11.6 Å². The van der Waals surface area contributed by atoms with Crippen LogP contribution in [0.4, 0.5) is 19.0 Å². The minimum absolute atomic E-state index is 0.132. The standard InChI is InChI=1S/C17H19ClF3N3O2S/c1-11(2)24-27(25,26)10-13-5-3-12(4-6-13)8-22-16-15(18)7-14(9-23-16)17(19,20)21/h3-7,9,11,24H,8,10H2,1-2H3,(H,22,23). The zero-order chi connectivity index (χ0) is 20.2. The first-order valence-electron chi connectivity index (χ1n) is 8.01. The van der Waals surface area contributed by atoms with Crippen LogP contribution in [0, 0.1) is 0 Å². The number of aromatic nitrogens is 1. The Morgan fingerprint density at radius 3 is 2.26 bits per heavy atom. The first-order valence-corrected chi connectivity index (χ1v) is 10.0. The number of pyridine rings is 1. The molecule has 5 nitrogen and oxygen atoms in total. The van der Waals surface area contributed by atoms with Crippen LogP contribution in [0.5, 0.6) is 0 Å². The van der Waals surface area contributed by atoms with Crippen LogP contribution in [-0.2, 0) is 28.5 Å². The topological polar surface area (TPSA) is 71.1 Å². The Morgan fingerprint density at radius 1 is 1.15 bits per heavy atom. The zero-order valence-electron chi connectivity index (χ0n) is 14.6. The van der Waals surface area contributed by atoms with Gasteiger partial charge in [-0.2, -0.15) is 13.2 Å². The van der Waals surface area contributed by atoms with Crippen LogP contribution in [0.1, 0.15) is 30.5 Å². The quantitative estimate of drug-likeness (QED) is 0.703. The lowest BCUT2D eigenvalue weighted by Gasteiger charge is -2.12. The molecule has 0 saturated carbocycles. The summed E-state index contributed by atoms with van der Waals surface area (Å²) < 4.78 is 64.2. The molecule has 0 amide bonds. The molecule has 0 fully saturated rings. The average Bonchev–Trinajstić information content (AvgIpc) is 2.52. The number of rotatable bonds is 7. The molecular formula is C17H19ClF3N3O2S. The number of sulfonamides is 1. The van der Waals surface area contributed by atoms with Crippen molar-refractivity contribution in [3.63, 3.8) is 0 Å². The maximum Gasteiger partial charge on any atom is 0.417 e. The number of anilines is 1. The number of benzene rings is 1. The smallest absolute Gasteiger partial charge is 0.365 e. The molecule has 2 rings (SSSR count). The van der Waals surface area contributed by atoms with Crippen molar-refractivity contribution in [1.29, 1.82) is 0 Å². The third-order valence-corrected chi connectivity index (χ3v) is 5.26. The number of alkyl halides is 3. The van der Waals surface area contributed by atoms with Gasteiger partial charge in [-0.1, -0.05) is 35.9 Å². The van der Waals surface area contributed by atoms with Crippen molar-refractivity contribution in [1.82, 2.24) is 9.71 Å². The summed E-state index contributed by atoms with van der Waals surface area (Å²) in [6, 6.07) is 7.44. The second-order valence-electron chi connectivity index (χ2n) is 6.25. The van der Waals surface area contributed by atoms with E-state index in [1.165, 1.54) is 0 Å². The summed E-state index contributed by atoms with van der Waals surface area (Å²) in [5, 5.41) is 2.73. The van der Waals surface area contributed by atoms with E-state index >= 15 is 0 Å². The lowest BCUT2D eigenvalue weighted by atomic mass is 10.1. The summed E-state index contributed by atoms with van der Waals surface area (Å²) >= 11 is 5.84. The average molecular weight is 422 g/mol. The van der Waals surface area contributed by atoms with Crippen molar-refractivity contribution in [2.24, 2.45) is 0 Å². The van der Waals surface area contributed by atoms with Crippen molar-refractivity contribution in [2.45, 2.75) is 38.4 Å². The van der Waals surface area contributed by atoms with Gasteiger partial charge in [-0.25, -0.2) is 18.1 Å². The van der Waals surface area contributed by atoms with Crippen LogP contribution < -0.4 is 10.0 Å². The van der Waals surface area contributed by atoms with Gasteiger partial charge in [0.05, 0.1) is 16.3 Å². The van der Waals surface area contributed by atoms with E-state index in [1.54, 1.807) is 38.1 Å². The van der Waals surface area contributed by atoms with Crippen molar-refractivity contribution < 1.29 is 21.6 Å². The van der Waals surface area contributed by atoms with Gasteiger partial charge in [-0.15, -0.1) is 0 Å². The molecule has 2 aromatic rings. The van der Waals surface area contributed by atoms with E-state index in [-0.39, 0.29) is 29.2 Å².